The van der Waals surface area contributed by atoms with Crippen molar-refractivity contribution in [1.29, 1.82) is 0 Å². The Balaban J connectivity index is 1.91. The Morgan fingerprint density at radius 2 is 1.95 bits per heavy atom. The van der Waals surface area contributed by atoms with Crippen LogP contribution in [-0.2, 0) is 0 Å². The van der Waals surface area contributed by atoms with Crippen LogP contribution < -0.4 is 16.0 Å². The number of hydrogen-bond donors (Lipinski definition) is 3. The molecule has 1 atom stereocenters. The third-order valence-electron chi connectivity index (χ3n) is 2.87. The lowest BCUT2D eigenvalue weighted by Crippen LogP contribution is -2.19. The van der Waals surface area contributed by atoms with E-state index in [1.807, 2.05) is 24.3 Å². The van der Waals surface area contributed by atoms with E-state index in [1.54, 1.807) is 0 Å². The van der Waals surface area contributed by atoms with Gasteiger partial charge in [-0.25, -0.2) is 4.79 Å². The second-order valence-corrected chi connectivity index (χ2v) is 4.39. The molecule has 0 saturated carbocycles. The molecule has 0 bridgehead atoms. The van der Waals surface area contributed by atoms with Crippen LogP contribution in [0.4, 0.5) is 16.2 Å². The van der Waals surface area contributed by atoms with E-state index in [2.05, 4.69) is 39.5 Å². The van der Waals surface area contributed by atoms with E-state index in [1.165, 1.54) is 18.0 Å². The maximum atomic E-state index is 11.7. The number of nitrogens with one attached hydrogen (secondary N) is 3. The lowest BCUT2D eigenvalue weighted by molar-refractivity contribution is 0.262. The normalized spacial score (nSPS) is 11.9. The molecule has 3 N–H and O–H groups in total. The molecule has 6 heteroatoms. The first-order valence-electron chi connectivity index (χ1n) is 6.49. The first-order valence-corrected chi connectivity index (χ1v) is 6.49. The van der Waals surface area contributed by atoms with Crippen LogP contribution in [0.3, 0.4) is 0 Å². The van der Waals surface area contributed by atoms with Gasteiger partial charge in [-0.2, -0.15) is 0 Å². The number of hydrogen-bond acceptors (Lipinski definition) is 4. The Morgan fingerprint density at radius 3 is 2.55 bits per heavy atom. The predicted octanol–water partition coefficient (Wildman–Crippen LogP) is 2.99. The summed E-state index contributed by atoms with van der Waals surface area (Å²) >= 11 is 0. The highest BCUT2D eigenvalue weighted by molar-refractivity contribution is 5.99. The monoisotopic (exact) mass is 274 g/mol. The second-order valence-electron chi connectivity index (χ2n) is 4.39. The van der Waals surface area contributed by atoms with Crippen molar-refractivity contribution >= 4 is 17.4 Å². The Kier molecular flexibility index (Phi) is 4.73. The summed E-state index contributed by atoms with van der Waals surface area (Å²) < 4.78 is 4.63. The smallest absolute Gasteiger partial charge is 0.323 e. The van der Waals surface area contributed by atoms with Gasteiger partial charge in [0.15, 0.2) is 0 Å². The van der Waals surface area contributed by atoms with Gasteiger partial charge >= 0.3 is 6.03 Å². The van der Waals surface area contributed by atoms with Crippen molar-refractivity contribution in [3.05, 3.63) is 42.3 Å². The zero-order valence-corrected chi connectivity index (χ0v) is 11.5. The van der Waals surface area contributed by atoms with Gasteiger partial charge in [-0.1, -0.05) is 24.2 Å². The topological polar surface area (TPSA) is 79.2 Å². The van der Waals surface area contributed by atoms with E-state index >= 15 is 0 Å². The summed E-state index contributed by atoms with van der Waals surface area (Å²) in [6.07, 6.45) is 2.79. The molecule has 20 heavy (non-hydrogen) atoms. The maximum absolute atomic E-state index is 11.7. The summed E-state index contributed by atoms with van der Waals surface area (Å²) in [5, 5.41) is 12.2. The Hall–Kier alpha value is -2.34. The number of benzene rings is 1. The standard InChI is InChI=1S/C14H18N4O2/c1-3-15-10(2)11-4-6-12(7-5-11)17-14(19)18-13-8-16-20-9-13/h4-10,15H,3H2,1-2H3,(H2,17,18,19). The Bertz CT molecular complexity index is 537. The SMILES string of the molecule is CCNC(C)c1ccc(NC(=O)Nc2cnoc2)cc1. The second kappa shape index (κ2) is 6.72. The van der Waals surface area contributed by atoms with Gasteiger partial charge in [-0.05, 0) is 31.2 Å². The summed E-state index contributed by atoms with van der Waals surface area (Å²) in [6.45, 7) is 5.09. The molecule has 1 aromatic heterocycles. The van der Waals surface area contributed by atoms with Crippen LogP contribution in [0, 0.1) is 0 Å². The molecular weight excluding hydrogens is 256 g/mol. The minimum atomic E-state index is -0.333. The van der Waals surface area contributed by atoms with E-state index in [9.17, 15) is 4.79 Å². The number of aromatic nitrogens is 1. The number of carbonyl (C=O) groups is 1. The third kappa shape index (κ3) is 3.83. The van der Waals surface area contributed by atoms with Crippen LogP contribution in [-0.4, -0.2) is 17.7 Å². The molecule has 0 fully saturated rings. The zero-order valence-electron chi connectivity index (χ0n) is 11.5. The zero-order chi connectivity index (χ0) is 14.4. The molecule has 1 unspecified atom stereocenters. The molecule has 0 aliphatic carbocycles. The fourth-order valence-corrected chi connectivity index (χ4v) is 1.84. The van der Waals surface area contributed by atoms with Crippen LogP contribution >= 0.6 is 0 Å². The van der Waals surface area contributed by atoms with Crippen molar-refractivity contribution in [2.75, 3.05) is 17.2 Å². The summed E-state index contributed by atoms with van der Waals surface area (Å²) in [6, 6.07) is 7.68. The van der Waals surface area contributed by atoms with Crippen molar-refractivity contribution in [1.82, 2.24) is 10.5 Å². The van der Waals surface area contributed by atoms with Crippen LogP contribution in [0.5, 0.6) is 0 Å². The van der Waals surface area contributed by atoms with E-state index in [4.69, 9.17) is 0 Å². The highest BCUT2D eigenvalue weighted by atomic mass is 16.5. The molecule has 0 aliphatic heterocycles. The van der Waals surface area contributed by atoms with Gasteiger partial charge in [0.25, 0.3) is 0 Å². The number of amides is 2. The highest BCUT2D eigenvalue weighted by Gasteiger charge is 2.06. The average molecular weight is 274 g/mol. The molecule has 2 amide bonds. The Morgan fingerprint density at radius 1 is 1.25 bits per heavy atom. The van der Waals surface area contributed by atoms with Crippen LogP contribution in [0.1, 0.15) is 25.5 Å². The summed E-state index contributed by atoms with van der Waals surface area (Å²) in [5.41, 5.74) is 2.42. The van der Waals surface area contributed by atoms with E-state index in [-0.39, 0.29) is 6.03 Å². The molecule has 2 rings (SSSR count). The first-order chi connectivity index (χ1) is 9.69. The van der Waals surface area contributed by atoms with Crippen molar-refractivity contribution < 1.29 is 9.32 Å². The number of rotatable bonds is 5. The first kappa shape index (κ1) is 14.1. The van der Waals surface area contributed by atoms with Gasteiger partial charge in [-0.3, -0.25) is 0 Å². The molecular formula is C14H18N4O2. The van der Waals surface area contributed by atoms with Crippen LogP contribution in [0.25, 0.3) is 0 Å². The van der Waals surface area contributed by atoms with Gasteiger partial charge < -0.3 is 20.5 Å². The van der Waals surface area contributed by atoms with Gasteiger partial charge in [0.05, 0.1) is 6.20 Å². The fraction of sp³-hybridized carbons (Fsp3) is 0.286. The maximum Gasteiger partial charge on any atom is 0.323 e. The lowest BCUT2D eigenvalue weighted by Gasteiger charge is -2.13. The molecule has 0 spiro atoms. The van der Waals surface area contributed by atoms with E-state index < -0.39 is 0 Å². The van der Waals surface area contributed by atoms with Gasteiger partial charge in [-0.15, -0.1) is 0 Å². The summed E-state index contributed by atoms with van der Waals surface area (Å²) in [4.78, 5) is 11.7. The predicted molar refractivity (Wildman–Crippen MR) is 77.7 cm³/mol. The molecule has 0 radical (unpaired) electrons. The molecule has 1 aromatic carbocycles. The van der Waals surface area contributed by atoms with Gasteiger partial charge in [0.1, 0.15) is 12.0 Å². The van der Waals surface area contributed by atoms with E-state index in [0.717, 1.165) is 12.2 Å². The molecule has 6 nitrogen and oxygen atoms in total. The lowest BCUT2D eigenvalue weighted by atomic mass is 10.1. The van der Waals surface area contributed by atoms with Crippen molar-refractivity contribution in [3.8, 4) is 0 Å². The van der Waals surface area contributed by atoms with Gasteiger partial charge in [0, 0.05) is 11.7 Å². The molecule has 2 aromatic rings. The number of nitrogens with zero attached hydrogens (tertiary/aromatic N) is 1. The third-order valence-corrected chi connectivity index (χ3v) is 2.87. The molecule has 1 heterocycles. The number of urea groups is 1. The number of carbonyl (C=O) groups excluding carboxylic acids is 1. The molecule has 106 valence electrons. The molecule has 0 aliphatic rings. The highest BCUT2D eigenvalue weighted by Crippen LogP contribution is 2.16. The Labute approximate surface area is 117 Å². The minimum Gasteiger partial charge on any atom is -0.363 e. The average Bonchev–Trinajstić information content (AvgIpc) is 2.92. The quantitative estimate of drug-likeness (QED) is 0.783. The van der Waals surface area contributed by atoms with Crippen molar-refractivity contribution in [3.63, 3.8) is 0 Å². The van der Waals surface area contributed by atoms with E-state index in [0.29, 0.717) is 11.7 Å². The minimum absolute atomic E-state index is 0.292. The van der Waals surface area contributed by atoms with Crippen molar-refractivity contribution in [2.45, 2.75) is 19.9 Å². The summed E-state index contributed by atoms with van der Waals surface area (Å²) in [7, 11) is 0. The largest absolute Gasteiger partial charge is 0.363 e. The van der Waals surface area contributed by atoms with Crippen LogP contribution in [0.2, 0.25) is 0 Å². The molecule has 0 saturated heterocycles. The van der Waals surface area contributed by atoms with Crippen molar-refractivity contribution in [2.24, 2.45) is 0 Å². The fourth-order valence-electron chi connectivity index (χ4n) is 1.84. The van der Waals surface area contributed by atoms with Gasteiger partial charge in [0.2, 0.25) is 0 Å². The number of anilines is 2. The summed E-state index contributed by atoms with van der Waals surface area (Å²) in [5.74, 6) is 0. The van der Waals surface area contributed by atoms with Crippen LogP contribution in [0.15, 0.2) is 41.2 Å².